The minimum Gasteiger partial charge on any atom is -0.274 e. The second kappa shape index (κ2) is 5.44. The first kappa shape index (κ1) is 15.1. The van der Waals surface area contributed by atoms with E-state index in [1.807, 2.05) is 13.0 Å². The molecular weight excluding hydrogens is 302 g/mol. The van der Waals surface area contributed by atoms with E-state index < -0.39 is 10.0 Å². The monoisotopic (exact) mass is 321 g/mol. The maximum absolute atomic E-state index is 12.7. The number of aromatic nitrogens is 4. The van der Waals surface area contributed by atoms with Crippen molar-refractivity contribution in [2.75, 3.05) is 13.1 Å². The van der Waals surface area contributed by atoms with E-state index in [1.165, 1.54) is 8.99 Å². The third kappa shape index (κ3) is 2.64. The number of aryl methyl sites for hydroxylation is 3. The van der Waals surface area contributed by atoms with Crippen LogP contribution < -0.4 is 0 Å². The summed E-state index contributed by atoms with van der Waals surface area (Å²) in [6, 6.07) is 1.84. The number of hydrogen-bond donors (Lipinski definition) is 0. The second-order valence-electron chi connectivity index (χ2n) is 5.66. The van der Waals surface area contributed by atoms with Crippen molar-refractivity contribution in [2.45, 2.75) is 31.1 Å². The highest BCUT2D eigenvalue weighted by molar-refractivity contribution is 7.89. The summed E-state index contributed by atoms with van der Waals surface area (Å²) in [6.07, 6.45) is 4.02. The lowest BCUT2D eigenvalue weighted by Crippen LogP contribution is -2.29. The van der Waals surface area contributed by atoms with E-state index in [2.05, 4.69) is 15.1 Å². The molecule has 2 aromatic heterocycles. The van der Waals surface area contributed by atoms with Gasteiger partial charge in [0.2, 0.25) is 10.0 Å². The lowest BCUT2D eigenvalue weighted by molar-refractivity contribution is 0.470. The zero-order valence-electron chi connectivity index (χ0n) is 12.9. The molecule has 0 spiro atoms. The Morgan fingerprint density at radius 3 is 2.73 bits per heavy atom. The first-order valence-corrected chi connectivity index (χ1v) is 8.62. The van der Waals surface area contributed by atoms with E-state index >= 15 is 0 Å². The molecule has 0 saturated carbocycles. The van der Waals surface area contributed by atoms with Crippen molar-refractivity contribution in [3.63, 3.8) is 0 Å². The molecule has 0 N–H and O–H groups in total. The molecule has 118 valence electrons. The van der Waals surface area contributed by atoms with Gasteiger partial charge in [0.05, 0.1) is 5.69 Å². The molecule has 0 amide bonds. The standard InChI is InChI=1S/C14H19N5O2S/c1-10-4-6-15-14(16-10)12-5-7-19(8-12)22(20,21)13-9-18(3)17-11(13)2/h4,6,9,12H,5,7-8H2,1-3H3/t12-/m1/s1. The molecule has 1 saturated heterocycles. The van der Waals surface area contributed by atoms with Crippen molar-refractivity contribution in [3.8, 4) is 0 Å². The van der Waals surface area contributed by atoms with E-state index in [0.29, 0.717) is 18.8 Å². The van der Waals surface area contributed by atoms with Crippen LogP contribution in [0.15, 0.2) is 23.4 Å². The molecular formula is C14H19N5O2S. The third-order valence-electron chi connectivity index (χ3n) is 3.92. The van der Waals surface area contributed by atoms with E-state index in [1.54, 1.807) is 26.4 Å². The lowest BCUT2D eigenvalue weighted by atomic mass is 10.1. The van der Waals surface area contributed by atoms with Gasteiger partial charge in [0.15, 0.2) is 0 Å². The van der Waals surface area contributed by atoms with Crippen LogP contribution in [0.3, 0.4) is 0 Å². The Morgan fingerprint density at radius 1 is 1.32 bits per heavy atom. The minimum atomic E-state index is -3.51. The molecule has 8 heteroatoms. The normalized spacial score (nSPS) is 19.7. The van der Waals surface area contributed by atoms with Crippen LogP contribution in [0.4, 0.5) is 0 Å². The molecule has 3 rings (SSSR count). The summed E-state index contributed by atoms with van der Waals surface area (Å²) in [6.45, 7) is 4.52. The Kier molecular flexibility index (Phi) is 3.73. The highest BCUT2D eigenvalue weighted by Crippen LogP contribution is 2.30. The zero-order chi connectivity index (χ0) is 15.9. The number of hydrogen-bond acceptors (Lipinski definition) is 5. The predicted octanol–water partition coefficient (Wildman–Crippen LogP) is 1.01. The second-order valence-corrected chi connectivity index (χ2v) is 7.56. The number of nitrogens with zero attached hydrogens (tertiary/aromatic N) is 5. The van der Waals surface area contributed by atoms with Crippen LogP contribution in [0.2, 0.25) is 0 Å². The van der Waals surface area contributed by atoms with E-state index in [-0.39, 0.29) is 10.8 Å². The van der Waals surface area contributed by atoms with E-state index in [4.69, 9.17) is 0 Å². The average Bonchev–Trinajstić information content (AvgIpc) is 3.06. The van der Waals surface area contributed by atoms with Crippen LogP contribution in [0.1, 0.15) is 29.6 Å². The summed E-state index contributed by atoms with van der Waals surface area (Å²) in [7, 11) is -1.78. The molecule has 22 heavy (non-hydrogen) atoms. The van der Waals surface area contributed by atoms with Gasteiger partial charge in [0, 0.05) is 44.1 Å². The van der Waals surface area contributed by atoms with E-state index in [0.717, 1.165) is 17.9 Å². The maximum Gasteiger partial charge on any atom is 0.246 e. The van der Waals surface area contributed by atoms with Gasteiger partial charge in [-0.05, 0) is 26.3 Å². The van der Waals surface area contributed by atoms with Gasteiger partial charge in [0.25, 0.3) is 0 Å². The van der Waals surface area contributed by atoms with Crippen LogP contribution in [-0.2, 0) is 17.1 Å². The number of rotatable bonds is 3. The smallest absolute Gasteiger partial charge is 0.246 e. The van der Waals surface area contributed by atoms with Crippen LogP contribution in [0, 0.1) is 13.8 Å². The fourth-order valence-corrected chi connectivity index (χ4v) is 4.49. The van der Waals surface area contributed by atoms with Gasteiger partial charge in [-0.2, -0.15) is 9.40 Å². The fraction of sp³-hybridized carbons (Fsp3) is 0.500. The van der Waals surface area contributed by atoms with Gasteiger partial charge in [-0.3, -0.25) is 4.68 Å². The topological polar surface area (TPSA) is 81.0 Å². The Balaban J connectivity index is 1.84. The molecule has 1 aliphatic heterocycles. The lowest BCUT2D eigenvalue weighted by Gasteiger charge is -2.15. The van der Waals surface area contributed by atoms with Crippen molar-refractivity contribution < 1.29 is 8.42 Å². The molecule has 1 aliphatic rings. The Bertz CT molecular complexity index is 799. The molecule has 1 atom stereocenters. The number of sulfonamides is 1. The van der Waals surface area contributed by atoms with Gasteiger partial charge in [-0.1, -0.05) is 0 Å². The predicted molar refractivity (Wildman–Crippen MR) is 80.8 cm³/mol. The minimum absolute atomic E-state index is 0.0478. The largest absolute Gasteiger partial charge is 0.274 e. The van der Waals surface area contributed by atoms with Gasteiger partial charge >= 0.3 is 0 Å². The van der Waals surface area contributed by atoms with Crippen LogP contribution in [-0.4, -0.2) is 45.6 Å². The van der Waals surface area contributed by atoms with Crippen molar-refractivity contribution >= 4 is 10.0 Å². The highest BCUT2D eigenvalue weighted by atomic mass is 32.2. The Labute approximate surface area is 130 Å². The van der Waals surface area contributed by atoms with Gasteiger partial charge in [0.1, 0.15) is 10.7 Å². The summed E-state index contributed by atoms with van der Waals surface area (Å²) in [4.78, 5) is 8.98. The summed E-state index contributed by atoms with van der Waals surface area (Å²) >= 11 is 0. The molecule has 3 heterocycles. The molecule has 0 bridgehead atoms. The van der Waals surface area contributed by atoms with Crippen molar-refractivity contribution in [1.82, 2.24) is 24.1 Å². The van der Waals surface area contributed by atoms with Crippen LogP contribution >= 0.6 is 0 Å². The summed E-state index contributed by atoms with van der Waals surface area (Å²) < 4.78 is 28.5. The zero-order valence-corrected chi connectivity index (χ0v) is 13.7. The maximum atomic E-state index is 12.7. The molecule has 1 fully saturated rings. The van der Waals surface area contributed by atoms with Crippen molar-refractivity contribution in [2.24, 2.45) is 7.05 Å². The summed E-state index contributed by atoms with van der Waals surface area (Å²) in [5.41, 5.74) is 1.42. The first-order chi connectivity index (χ1) is 10.4. The average molecular weight is 321 g/mol. The summed E-state index contributed by atoms with van der Waals surface area (Å²) in [5.74, 6) is 0.771. The molecule has 0 aliphatic carbocycles. The Morgan fingerprint density at radius 2 is 2.09 bits per heavy atom. The summed E-state index contributed by atoms with van der Waals surface area (Å²) in [5, 5.41) is 4.12. The highest BCUT2D eigenvalue weighted by Gasteiger charge is 2.36. The van der Waals surface area contributed by atoms with Gasteiger partial charge < -0.3 is 0 Å². The molecule has 0 radical (unpaired) electrons. The molecule has 0 unspecified atom stereocenters. The third-order valence-corrected chi connectivity index (χ3v) is 5.88. The van der Waals surface area contributed by atoms with Crippen LogP contribution in [0.5, 0.6) is 0 Å². The first-order valence-electron chi connectivity index (χ1n) is 7.18. The van der Waals surface area contributed by atoms with Gasteiger partial charge in [-0.25, -0.2) is 18.4 Å². The van der Waals surface area contributed by atoms with E-state index in [9.17, 15) is 8.42 Å². The molecule has 7 nitrogen and oxygen atoms in total. The van der Waals surface area contributed by atoms with Crippen LogP contribution in [0.25, 0.3) is 0 Å². The molecule has 2 aromatic rings. The SMILES string of the molecule is Cc1ccnc([C@@H]2CCN(S(=O)(=O)c3cn(C)nc3C)C2)n1. The van der Waals surface area contributed by atoms with Gasteiger partial charge in [-0.15, -0.1) is 0 Å². The molecule has 0 aromatic carbocycles. The van der Waals surface area contributed by atoms with Crippen molar-refractivity contribution in [1.29, 1.82) is 0 Å². The quantitative estimate of drug-likeness (QED) is 0.842. The fourth-order valence-electron chi connectivity index (χ4n) is 2.79. The Hall–Kier alpha value is -1.80. The van der Waals surface area contributed by atoms with Crippen molar-refractivity contribution in [3.05, 3.63) is 35.7 Å².